The minimum absolute atomic E-state index is 0.0709. The number of amidine groups is 1. The van der Waals surface area contributed by atoms with Crippen LogP contribution in [0.15, 0.2) is 5.16 Å². The van der Waals surface area contributed by atoms with Crippen LogP contribution in [0.3, 0.4) is 0 Å². The van der Waals surface area contributed by atoms with Gasteiger partial charge in [-0.3, -0.25) is 0 Å². The predicted octanol–water partition coefficient (Wildman–Crippen LogP) is 3.13. The van der Waals surface area contributed by atoms with Gasteiger partial charge in [-0.1, -0.05) is 45.2 Å². The SMILES string of the molecule is CCCCC(CC)COC(CC)C/C(N)=N/O. The van der Waals surface area contributed by atoms with Gasteiger partial charge in [0.1, 0.15) is 5.84 Å². The molecule has 17 heavy (non-hydrogen) atoms. The Bertz CT molecular complexity index is 208. The molecule has 0 aromatic rings. The minimum Gasteiger partial charge on any atom is -0.409 e. The standard InChI is InChI=1S/C13H28N2O2/c1-4-7-8-11(5-2)10-17-12(6-3)9-13(14)15-16/h11-12,16H,4-10H2,1-3H3,(H2,14,15). The smallest absolute Gasteiger partial charge is 0.141 e. The predicted molar refractivity (Wildman–Crippen MR) is 71.4 cm³/mol. The summed E-state index contributed by atoms with van der Waals surface area (Å²) in [4.78, 5) is 0. The Hall–Kier alpha value is -0.770. The average molecular weight is 244 g/mol. The maximum atomic E-state index is 8.53. The lowest BCUT2D eigenvalue weighted by Crippen LogP contribution is -2.24. The van der Waals surface area contributed by atoms with Gasteiger partial charge in [0.05, 0.1) is 6.10 Å². The molecule has 0 aliphatic rings. The summed E-state index contributed by atoms with van der Waals surface area (Å²) in [7, 11) is 0. The highest BCUT2D eigenvalue weighted by atomic mass is 16.5. The Morgan fingerprint density at radius 1 is 1.29 bits per heavy atom. The second kappa shape index (κ2) is 10.4. The molecule has 0 rings (SSSR count). The van der Waals surface area contributed by atoms with Gasteiger partial charge in [0.25, 0.3) is 0 Å². The van der Waals surface area contributed by atoms with E-state index in [-0.39, 0.29) is 11.9 Å². The zero-order valence-electron chi connectivity index (χ0n) is 11.5. The number of oxime groups is 1. The molecule has 0 spiro atoms. The third kappa shape index (κ3) is 8.02. The van der Waals surface area contributed by atoms with Crippen LogP contribution in [0.1, 0.15) is 59.3 Å². The Labute approximate surface area is 105 Å². The molecule has 4 nitrogen and oxygen atoms in total. The van der Waals surface area contributed by atoms with Gasteiger partial charge in [0.2, 0.25) is 0 Å². The van der Waals surface area contributed by atoms with Gasteiger partial charge >= 0.3 is 0 Å². The first-order chi connectivity index (χ1) is 8.17. The molecule has 0 aliphatic carbocycles. The van der Waals surface area contributed by atoms with Gasteiger partial charge in [-0.15, -0.1) is 0 Å². The van der Waals surface area contributed by atoms with Crippen molar-refractivity contribution in [2.24, 2.45) is 16.8 Å². The fourth-order valence-electron chi connectivity index (χ4n) is 1.77. The molecular formula is C13H28N2O2. The molecule has 2 unspecified atom stereocenters. The maximum absolute atomic E-state index is 8.53. The van der Waals surface area contributed by atoms with Crippen LogP contribution < -0.4 is 5.73 Å². The molecule has 0 saturated heterocycles. The lowest BCUT2D eigenvalue weighted by Gasteiger charge is -2.20. The molecule has 0 heterocycles. The number of hydrogen-bond acceptors (Lipinski definition) is 3. The summed E-state index contributed by atoms with van der Waals surface area (Å²) in [5, 5.41) is 11.5. The van der Waals surface area contributed by atoms with Crippen molar-refractivity contribution in [2.75, 3.05) is 6.61 Å². The topological polar surface area (TPSA) is 67.8 Å². The van der Waals surface area contributed by atoms with E-state index in [4.69, 9.17) is 15.7 Å². The van der Waals surface area contributed by atoms with Gasteiger partial charge in [-0.2, -0.15) is 0 Å². The number of rotatable bonds is 10. The first kappa shape index (κ1) is 16.2. The Kier molecular flexibility index (Phi) is 9.92. The van der Waals surface area contributed by atoms with Gasteiger partial charge in [-0.25, -0.2) is 0 Å². The monoisotopic (exact) mass is 244 g/mol. The van der Waals surface area contributed by atoms with E-state index in [1.807, 2.05) is 0 Å². The molecule has 0 fully saturated rings. The highest BCUT2D eigenvalue weighted by Gasteiger charge is 2.13. The van der Waals surface area contributed by atoms with Gasteiger partial charge in [0.15, 0.2) is 0 Å². The van der Waals surface area contributed by atoms with Crippen LogP contribution in [0.2, 0.25) is 0 Å². The Balaban J connectivity index is 3.93. The minimum atomic E-state index is 0.0709. The largest absolute Gasteiger partial charge is 0.409 e. The van der Waals surface area contributed by atoms with Crippen LogP contribution in [0.5, 0.6) is 0 Å². The molecular weight excluding hydrogens is 216 g/mol. The average Bonchev–Trinajstić information content (AvgIpc) is 2.37. The molecule has 4 heteroatoms. The summed E-state index contributed by atoms with van der Waals surface area (Å²) < 4.78 is 5.84. The van der Waals surface area contributed by atoms with Crippen molar-refractivity contribution in [3.8, 4) is 0 Å². The van der Waals surface area contributed by atoms with E-state index < -0.39 is 0 Å². The molecule has 3 N–H and O–H groups in total. The van der Waals surface area contributed by atoms with E-state index in [9.17, 15) is 0 Å². The van der Waals surface area contributed by atoms with E-state index in [0.29, 0.717) is 12.3 Å². The lowest BCUT2D eigenvalue weighted by atomic mass is 10.0. The van der Waals surface area contributed by atoms with Crippen LogP contribution in [0.4, 0.5) is 0 Å². The Morgan fingerprint density at radius 3 is 2.47 bits per heavy atom. The van der Waals surface area contributed by atoms with Crippen LogP contribution in [0, 0.1) is 5.92 Å². The van der Waals surface area contributed by atoms with Crippen LogP contribution >= 0.6 is 0 Å². The van der Waals surface area contributed by atoms with Crippen LogP contribution in [-0.2, 0) is 4.74 Å². The summed E-state index contributed by atoms with van der Waals surface area (Å²) in [5.41, 5.74) is 5.49. The second-order valence-corrected chi connectivity index (χ2v) is 4.58. The molecule has 2 atom stereocenters. The first-order valence-corrected chi connectivity index (χ1v) is 6.75. The summed E-state index contributed by atoms with van der Waals surface area (Å²) >= 11 is 0. The second-order valence-electron chi connectivity index (χ2n) is 4.58. The summed E-state index contributed by atoms with van der Waals surface area (Å²) in [6.45, 7) is 7.26. The van der Waals surface area contributed by atoms with E-state index in [0.717, 1.165) is 19.4 Å². The van der Waals surface area contributed by atoms with Crippen molar-refractivity contribution >= 4 is 5.84 Å². The van der Waals surface area contributed by atoms with Crippen molar-refractivity contribution in [3.05, 3.63) is 0 Å². The van der Waals surface area contributed by atoms with E-state index >= 15 is 0 Å². The number of unbranched alkanes of at least 4 members (excludes halogenated alkanes) is 1. The summed E-state index contributed by atoms with van der Waals surface area (Å²) in [6, 6.07) is 0. The molecule has 0 radical (unpaired) electrons. The fraction of sp³-hybridized carbons (Fsp3) is 0.923. The van der Waals surface area contributed by atoms with Crippen molar-refractivity contribution in [3.63, 3.8) is 0 Å². The third-order valence-corrected chi connectivity index (χ3v) is 3.13. The molecule has 0 aliphatic heterocycles. The number of hydrogen-bond donors (Lipinski definition) is 2. The summed E-state index contributed by atoms with van der Waals surface area (Å²) in [6.07, 6.45) is 6.35. The lowest BCUT2D eigenvalue weighted by molar-refractivity contribution is 0.0274. The molecule has 0 saturated carbocycles. The molecule has 0 amide bonds. The quantitative estimate of drug-likeness (QED) is 0.268. The number of nitrogens with two attached hydrogens (primary N) is 1. The zero-order valence-corrected chi connectivity index (χ0v) is 11.5. The zero-order chi connectivity index (χ0) is 13.1. The Morgan fingerprint density at radius 2 is 2.00 bits per heavy atom. The van der Waals surface area contributed by atoms with Crippen LogP contribution in [0.25, 0.3) is 0 Å². The van der Waals surface area contributed by atoms with Crippen molar-refractivity contribution in [1.29, 1.82) is 0 Å². The van der Waals surface area contributed by atoms with E-state index in [1.165, 1.54) is 19.3 Å². The molecule has 0 bridgehead atoms. The van der Waals surface area contributed by atoms with E-state index in [2.05, 4.69) is 25.9 Å². The van der Waals surface area contributed by atoms with E-state index in [1.54, 1.807) is 0 Å². The van der Waals surface area contributed by atoms with Gasteiger partial charge < -0.3 is 15.7 Å². The first-order valence-electron chi connectivity index (χ1n) is 6.75. The van der Waals surface area contributed by atoms with Crippen LogP contribution in [-0.4, -0.2) is 23.8 Å². The number of ether oxygens (including phenoxy) is 1. The highest BCUT2D eigenvalue weighted by Crippen LogP contribution is 2.15. The normalized spacial score (nSPS) is 15.8. The summed E-state index contributed by atoms with van der Waals surface area (Å²) in [5.74, 6) is 0.884. The van der Waals surface area contributed by atoms with Gasteiger partial charge in [-0.05, 0) is 18.8 Å². The molecule has 0 aromatic heterocycles. The molecule has 102 valence electrons. The van der Waals surface area contributed by atoms with Crippen molar-refractivity contribution < 1.29 is 9.94 Å². The fourth-order valence-corrected chi connectivity index (χ4v) is 1.77. The maximum Gasteiger partial charge on any atom is 0.141 e. The van der Waals surface area contributed by atoms with Gasteiger partial charge in [0, 0.05) is 13.0 Å². The number of nitrogens with zero attached hydrogens (tertiary/aromatic N) is 1. The van der Waals surface area contributed by atoms with Crippen molar-refractivity contribution in [1.82, 2.24) is 0 Å². The molecule has 0 aromatic carbocycles. The third-order valence-electron chi connectivity index (χ3n) is 3.13. The highest BCUT2D eigenvalue weighted by molar-refractivity contribution is 5.80. The van der Waals surface area contributed by atoms with Crippen molar-refractivity contribution in [2.45, 2.75) is 65.4 Å².